The highest BCUT2D eigenvalue weighted by Crippen LogP contribution is 2.49. The smallest absolute Gasteiger partial charge is 0.209 e. The van der Waals surface area contributed by atoms with Crippen molar-refractivity contribution >= 4 is 28.8 Å². The molecule has 0 N–H and O–H groups in total. The lowest BCUT2D eigenvalue weighted by atomic mass is 9.80. The zero-order valence-corrected chi connectivity index (χ0v) is 29.1. The highest BCUT2D eigenvalue weighted by Gasteiger charge is 2.44. The number of thioether (sulfide) groups is 1. The van der Waals surface area contributed by atoms with E-state index in [9.17, 15) is 0 Å². The van der Waals surface area contributed by atoms with E-state index >= 15 is 0 Å². The third-order valence-corrected chi connectivity index (χ3v) is 11.5. The molecule has 0 saturated carbocycles. The molecule has 0 aromatic heterocycles. The first-order valence-electron chi connectivity index (χ1n) is 17.2. The second kappa shape index (κ2) is 13.2. The van der Waals surface area contributed by atoms with Gasteiger partial charge >= 0.3 is 0 Å². The fraction of sp³-hybridized carbons (Fsp3) is 0.405. The van der Waals surface area contributed by atoms with Crippen LogP contribution >= 0.6 is 11.8 Å². The number of rotatable bonds is 10. The van der Waals surface area contributed by atoms with E-state index in [1.165, 1.54) is 57.2 Å². The van der Waals surface area contributed by atoms with Crippen LogP contribution in [0.4, 0.5) is 11.4 Å². The van der Waals surface area contributed by atoms with E-state index in [1.807, 2.05) is 11.8 Å². The topological polar surface area (TPSA) is 6.25 Å². The monoisotopic (exact) mass is 615 g/mol. The summed E-state index contributed by atoms with van der Waals surface area (Å²) in [4.78, 5) is 5.51. The number of hydrogen-bond donors (Lipinski definition) is 0. The summed E-state index contributed by atoms with van der Waals surface area (Å²) in [6.07, 6.45) is 14.5. The van der Waals surface area contributed by atoms with Crippen LogP contribution in [0.1, 0.15) is 91.2 Å². The maximum absolute atomic E-state index is 2.60. The molecule has 2 heterocycles. The van der Waals surface area contributed by atoms with E-state index < -0.39 is 0 Å². The molecular formula is C42H51N2S+. The van der Waals surface area contributed by atoms with Gasteiger partial charge < -0.3 is 4.90 Å². The van der Waals surface area contributed by atoms with Crippen LogP contribution < -0.4 is 4.90 Å². The lowest BCUT2D eigenvalue weighted by molar-refractivity contribution is -0.437. The third-order valence-electron chi connectivity index (χ3n) is 10.2. The molecule has 6 rings (SSSR count). The number of para-hydroxylation sites is 2. The lowest BCUT2D eigenvalue weighted by Crippen LogP contribution is -2.28. The number of nitrogens with zero attached hydrogens (tertiary/aromatic N) is 2. The van der Waals surface area contributed by atoms with Gasteiger partial charge in [-0.05, 0) is 86.1 Å². The summed E-state index contributed by atoms with van der Waals surface area (Å²) in [6.45, 7) is 16.3. The highest BCUT2D eigenvalue weighted by atomic mass is 32.2. The van der Waals surface area contributed by atoms with Crippen molar-refractivity contribution in [3.63, 3.8) is 0 Å². The number of allylic oxidation sites excluding steroid dienone is 6. The Balaban J connectivity index is 1.38. The molecule has 1 unspecified atom stereocenters. The van der Waals surface area contributed by atoms with Crippen LogP contribution in [-0.4, -0.2) is 23.4 Å². The Morgan fingerprint density at radius 1 is 0.822 bits per heavy atom. The van der Waals surface area contributed by atoms with Gasteiger partial charge in [0, 0.05) is 52.4 Å². The van der Waals surface area contributed by atoms with Gasteiger partial charge in [-0.1, -0.05) is 106 Å². The van der Waals surface area contributed by atoms with Crippen LogP contribution in [0, 0.1) is 5.92 Å². The first-order chi connectivity index (χ1) is 21.8. The fourth-order valence-corrected chi connectivity index (χ4v) is 9.15. The molecule has 0 amide bonds. The van der Waals surface area contributed by atoms with Gasteiger partial charge in [-0.25, -0.2) is 0 Å². The number of hydrogen-bond acceptors (Lipinski definition) is 2. The Hall–Kier alpha value is -3.30. The fourth-order valence-electron chi connectivity index (χ4n) is 7.92. The molecule has 0 fully saturated rings. The summed E-state index contributed by atoms with van der Waals surface area (Å²) in [5.74, 6) is 0.518. The molecule has 0 saturated heterocycles. The number of fused-ring (bicyclic) bond motifs is 2. The normalized spacial score (nSPS) is 21.2. The van der Waals surface area contributed by atoms with E-state index in [0.29, 0.717) is 5.92 Å². The average molecular weight is 616 g/mol. The Morgan fingerprint density at radius 2 is 1.53 bits per heavy atom. The van der Waals surface area contributed by atoms with Gasteiger partial charge in [0.15, 0.2) is 5.71 Å². The molecule has 0 bridgehead atoms. The summed E-state index contributed by atoms with van der Waals surface area (Å²) >= 11 is 2.00. The zero-order valence-electron chi connectivity index (χ0n) is 28.3. The molecule has 3 aromatic rings. The van der Waals surface area contributed by atoms with Crippen LogP contribution in [0.3, 0.4) is 0 Å². The van der Waals surface area contributed by atoms with Gasteiger partial charge in [-0.3, -0.25) is 0 Å². The Labute approximate surface area is 276 Å². The van der Waals surface area contributed by atoms with Crippen molar-refractivity contribution in [3.8, 4) is 0 Å². The molecule has 3 heteroatoms. The predicted molar refractivity (Wildman–Crippen MR) is 195 cm³/mol. The van der Waals surface area contributed by atoms with E-state index in [-0.39, 0.29) is 10.8 Å². The average Bonchev–Trinajstić information content (AvgIpc) is 3.39. The zero-order chi connectivity index (χ0) is 31.6. The van der Waals surface area contributed by atoms with Crippen molar-refractivity contribution in [1.82, 2.24) is 0 Å². The quantitative estimate of drug-likeness (QED) is 0.209. The summed E-state index contributed by atoms with van der Waals surface area (Å²) in [5.41, 5.74) is 10.1. The molecule has 1 atom stereocenters. The van der Waals surface area contributed by atoms with Crippen molar-refractivity contribution in [2.45, 2.75) is 95.8 Å². The third kappa shape index (κ3) is 6.01. The number of anilines is 1. The SMILES string of the molecule is CCCN1/C(=C/CC2CCCC(/C=C/C3=[N+](CCC)c4ccccc4C3(C)C)=C2Sc2ccccc2)C(C)(C)c2ccccc21. The van der Waals surface area contributed by atoms with Gasteiger partial charge in [0.25, 0.3) is 0 Å². The van der Waals surface area contributed by atoms with Gasteiger partial charge in [-0.15, -0.1) is 0 Å². The maximum atomic E-state index is 2.60. The molecule has 1 aliphatic carbocycles. The minimum atomic E-state index is -0.0140. The predicted octanol–water partition coefficient (Wildman–Crippen LogP) is 11.4. The summed E-state index contributed by atoms with van der Waals surface area (Å²) in [5, 5.41) is 0. The van der Waals surface area contributed by atoms with Crippen molar-refractivity contribution in [2.75, 3.05) is 18.0 Å². The van der Waals surface area contributed by atoms with Crippen LogP contribution in [0.15, 0.2) is 118 Å². The highest BCUT2D eigenvalue weighted by molar-refractivity contribution is 8.03. The molecule has 3 aliphatic rings. The summed E-state index contributed by atoms with van der Waals surface area (Å²) < 4.78 is 2.57. The van der Waals surface area contributed by atoms with Gasteiger partial charge in [0.05, 0.1) is 5.41 Å². The molecule has 45 heavy (non-hydrogen) atoms. The van der Waals surface area contributed by atoms with Crippen LogP contribution in [0.2, 0.25) is 0 Å². The largest absolute Gasteiger partial charge is 0.344 e. The minimum absolute atomic E-state index is 0.0140. The second-order valence-corrected chi connectivity index (χ2v) is 15.1. The van der Waals surface area contributed by atoms with E-state index in [2.05, 4.69) is 148 Å². The maximum Gasteiger partial charge on any atom is 0.209 e. The Morgan fingerprint density at radius 3 is 2.29 bits per heavy atom. The van der Waals surface area contributed by atoms with Crippen LogP contribution in [0.5, 0.6) is 0 Å². The Bertz CT molecular complexity index is 1650. The minimum Gasteiger partial charge on any atom is -0.344 e. The van der Waals surface area contributed by atoms with Gasteiger partial charge in [0.1, 0.15) is 6.54 Å². The lowest BCUT2D eigenvalue weighted by Gasteiger charge is -2.30. The molecule has 0 radical (unpaired) electrons. The van der Waals surface area contributed by atoms with E-state index in [4.69, 9.17) is 0 Å². The summed E-state index contributed by atoms with van der Waals surface area (Å²) in [7, 11) is 0. The first-order valence-corrected chi connectivity index (χ1v) is 18.0. The number of benzene rings is 3. The molecule has 0 spiro atoms. The van der Waals surface area contributed by atoms with Gasteiger partial charge in [0.2, 0.25) is 5.69 Å². The van der Waals surface area contributed by atoms with Crippen LogP contribution in [-0.2, 0) is 10.8 Å². The van der Waals surface area contributed by atoms with Crippen molar-refractivity contribution < 1.29 is 4.58 Å². The molecular weight excluding hydrogens is 565 g/mol. The molecule has 2 aliphatic heterocycles. The molecule has 2 nitrogen and oxygen atoms in total. The van der Waals surface area contributed by atoms with Crippen LogP contribution in [0.25, 0.3) is 0 Å². The second-order valence-electron chi connectivity index (χ2n) is 14.0. The van der Waals surface area contributed by atoms with Gasteiger partial charge in [-0.2, -0.15) is 4.58 Å². The van der Waals surface area contributed by atoms with Crippen molar-refractivity contribution in [1.29, 1.82) is 0 Å². The molecule has 234 valence electrons. The standard InChI is InChI=1S/C42H51N2S/c1-7-29-43-36-23-14-12-21-34(36)41(3,4)38(43)27-25-31-17-16-18-32(40(31)45-33-19-10-9-11-20-33)26-28-39-42(5,6)35-22-13-15-24-37(35)44(39)30-8-2/h9-15,19-25,27-28,32H,7-8,16-18,26,29-30H2,1-6H3/q+1/b27-25+,39-28+. The molecule has 3 aromatic carbocycles. The van der Waals surface area contributed by atoms with Crippen molar-refractivity contribution in [2.24, 2.45) is 5.92 Å². The van der Waals surface area contributed by atoms with Crippen molar-refractivity contribution in [3.05, 3.63) is 124 Å². The first kappa shape index (κ1) is 31.7. The Kier molecular flexibility index (Phi) is 9.29. The van der Waals surface area contributed by atoms with E-state index in [0.717, 1.165) is 38.8 Å². The van der Waals surface area contributed by atoms with E-state index in [1.54, 1.807) is 4.91 Å². The summed E-state index contributed by atoms with van der Waals surface area (Å²) in [6, 6.07) is 29.1.